The molecule has 0 radical (unpaired) electrons. The van der Waals surface area contributed by atoms with Crippen molar-refractivity contribution >= 4 is 17.6 Å². The van der Waals surface area contributed by atoms with Crippen LogP contribution >= 0.6 is 0 Å². The number of furan rings is 1. The van der Waals surface area contributed by atoms with E-state index in [1.54, 1.807) is 37.4 Å². The number of nitrogens with one attached hydrogen (secondary N) is 1. The maximum Gasteiger partial charge on any atom is 0.379 e. The normalized spacial score (nSPS) is 14.2. The van der Waals surface area contributed by atoms with Crippen molar-refractivity contribution in [1.82, 2.24) is 10.4 Å². The summed E-state index contributed by atoms with van der Waals surface area (Å²) in [5.41, 5.74) is 4.53. The number of hydrazone groups is 1. The number of aryl methyl sites for hydroxylation is 1. The van der Waals surface area contributed by atoms with E-state index in [2.05, 4.69) is 15.5 Å². The Bertz CT molecular complexity index is 1130. The molecule has 1 aliphatic rings. The van der Waals surface area contributed by atoms with Gasteiger partial charge >= 0.3 is 5.97 Å². The number of hydrogen-bond acceptors (Lipinski definition) is 7. The van der Waals surface area contributed by atoms with Crippen LogP contribution in [0.5, 0.6) is 11.5 Å². The molecule has 3 aromatic rings. The van der Waals surface area contributed by atoms with Crippen molar-refractivity contribution in [3.05, 3.63) is 77.0 Å². The fraction of sp³-hybridized carbons (Fsp3) is 0.182. The molecule has 4 rings (SSSR count). The van der Waals surface area contributed by atoms with Gasteiger partial charge in [-0.3, -0.25) is 9.78 Å². The molecule has 1 aliphatic carbocycles. The van der Waals surface area contributed by atoms with E-state index in [0.717, 1.165) is 6.42 Å². The van der Waals surface area contributed by atoms with Crippen molar-refractivity contribution in [2.24, 2.45) is 5.10 Å². The Hall–Kier alpha value is -3.94. The monoisotopic (exact) mass is 405 g/mol. The summed E-state index contributed by atoms with van der Waals surface area (Å²) >= 11 is 0. The van der Waals surface area contributed by atoms with E-state index < -0.39 is 11.9 Å². The average Bonchev–Trinajstić information content (AvgIpc) is 3.10. The number of phenols is 1. The molecule has 0 saturated carbocycles. The van der Waals surface area contributed by atoms with E-state index in [1.165, 1.54) is 18.3 Å². The molecule has 0 fully saturated rings. The second-order valence-corrected chi connectivity index (χ2v) is 6.80. The van der Waals surface area contributed by atoms with Crippen molar-refractivity contribution in [1.29, 1.82) is 0 Å². The Morgan fingerprint density at radius 1 is 1.20 bits per heavy atom. The zero-order valence-corrected chi connectivity index (χ0v) is 16.2. The van der Waals surface area contributed by atoms with Gasteiger partial charge in [0.15, 0.2) is 0 Å². The number of amides is 1. The number of nitrogens with zero attached hydrogens (tertiary/aromatic N) is 2. The highest BCUT2D eigenvalue weighted by Crippen LogP contribution is 2.30. The second-order valence-electron chi connectivity index (χ2n) is 6.80. The Balaban J connectivity index is 1.58. The van der Waals surface area contributed by atoms with Gasteiger partial charge in [0, 0.05) is 23.7 Å². The minimum Gasteiger partial charge on any atom is -0.507 e. The predicted octanol–water partition coefficient (Wildman–Crippen LogP) is 3.38. The maximum atomic E-state index is 12.6. The molecule has 2 aromatic heterocycles. The molecule has 8 heteroatoms. The van der Waals surface area contributed by atoms with Crippen molar-refractivity contribution < 1.29 is 23.8 Å². The highest BCUT2D eigenvalue weighted by molar-refractivity contribution is 6.07. The third-order valence-corrected chi connectivity index (χ3v) is 4.80. The lowest BCUT2D eigenvalue weighted by atomic mass is 9.93. The number of esters is 1. The van der Waals surface area contributed by atoms with Crippen LogP contribution in [0.4, 0.5) is 0 Å². The number of aromatic nitrogens is 1. The number of fused-ring (bicyclic) bond motifs is 1. The highest BCUT2D eigenvalue weighted by Gasteiger charge is 2.29. The van der Waals surface area contributed by atoms with Gasteiger partial charge in [-0.1, -0.05) is 12.1 Å². The Kier molecular flexibility index (Phi) is 5.30. The summed E-state index contributed by atoms with van der Waals surface area (Å²) < 4.78 is 11.1. The number of ether oxygens (including phenoxy) is 1. The summed E-state index contributed by atoms with van der Waals surface area (Å²) in [6, 6.07) is 9.52. The summed E-state index contributed by atoms with van der Waals surface area (Å²) in [5.74, 6) is -0.213. The van der Waals surface area contributed by atoms with Gasteiger partial charge in [0.2, 0.25) is 5.76 Å². The van der Waals surface area contributed by atoms with Gasteiger partial charge in [-0.05, 0) is 44.0 Å². The van der Waals surface area contributed by atoms with Gasteiger partial charge in [0.25, 0.3) is 5.91 Å². The van der Waals surface area contributed by atoms with E-state index in [1.807, 2.05) is 0 Å². The Morgan fingerprint density at radius 2 is 2.03 bits per heavy atom. The first-order chi connectivity index (χ1) is 14.5. The van der Waals surface area contributed by atoms with Gasteiger partial charge in [-0.25, -0.2) is 10.2 Å². The highest BCUT2D eigenvalue weighted by atomic mass is 16.5. The smallest absolute Gasteiger partial charge is 0.379 e. The quantitative estimate of drug-likeness (QED) is 0.508. The number of pyridine rings is 1. The largest absolute Gasteiger partial charge is 0.507 e. The number of benzene rings is 1. The van der Waals surface area contributed by atoms with Crippen LogP contribution in [0.2, 0.25) is 0 Å². The number of carbonyl (C=O) groups excluding carboxylic acids is 2. The third-order valence-electron chi connectivity index (χ3n) is 4.80. The van der Waals surface area contributed by atoms with Crippen LogP contribution in [0.15, 0.2) is 58.3 Å². The average molecular weight is 405 g/mol. The van der Waals surface area contributed by atoms with E-state index >= 15 is 0 Å². The van der Waals surface area contributed by atoms with Crippen LogP contribution in [0.3, 0.4) is 0 Å². The predicted molar refractivity (Wildman–Crippen MR) is 108 cm³/mol. The minimum absolute atomic E-state index is 0.102. The molecule has 1 aromatic carbocycles. The topological polar surface area (TPSA) is 114 Å². The van der Waals surface area contributed by atoms with Crippen molar-refractivity contribution in [2.45, 2.75) is 26.2 Å². The number of aromatic hydroxyl groups is 1. The first-order valence-corrected chi connectivity index (χ1v) is 9.44. The lowest BCUT2D eigenvalue weighted by Gasteiger charge is -2.13. The number of carbonyl (C=O) groups is 2. The molecule has 30 heavy (non-hydrogen) atoms. The zero-order valence-electron chi connectivity index (χ0n) is 16.2. The lowest BCUT2D eigenvalue weighted by molar-refractivity contribution is 0.0697. The van der Waals surface area contributed by atoms with Crippen LogP contribution in [0.1, 0.15) is 50.6 Å². The van der Waals surface area contributed by atoms with Gasteiger partial charge < -0.3 is 14.3 Å². The molecule has 2 heterocycles. The van der Waals surface area contributed by atoms with Crippen LogP contribution in [0, 0.1) is 6.92 Å². The summed E-state index contributed by atoms with van der Waals surface area (Å²) in [7, 11) is 0. The molecular formula is C22H19N3O5. The number of rotatable bonds is 4. The van der Waals surface area contributed by atoms with Crippen LogP contribution in [0.25, 0.3) is 0 Å². The first-order valence-electron chi connectivity index (χ1n) is 9.44. The summed E-state index contributed by atoms with van der Waals surface area (Å²) in [6.07, 6.45) is 5.06. The fourth-order valence-electron chi connectivity index (χ4n) is 3.38. The molecule has 1 amide bonds. The summed E-state index contributed by atoms with van der Waals surface area (Å²) in [4.78, 5) is 28.8. The van der Waals surface area contributed by atoms with Crippen LogP contribution < -0.4 is 10.2 Å². The molecule has 0 saturated heterocycles. The molecule has 0 aliphatic heterocycles. The van der Waals surface area contributed by atoms with Crippen molar-refractivity contribution in [3.63, 3.8) is 0 Å². The molecule has 0 bridgehead atoms. The van der Waals surface area contributed by atoms with Crippen molar-refractivity contribution in [3.8, 4) is 11.5 Å². The Morgan fingerprint density at radius 3 is 2.80 bits per heavy atom. The lowest BCUT2D eigenvalue weighted by Crippen LogP contribution is -2.22. The first kappa shape index (κ1) is 19.4. The standard InChI is InChI=1S/C22H19N3O5/c1-13-19-16(24-25-21(27)15-7-2-3-9-17(15)26)8-4-10-18(19)30-20(13)22(28)29-14-6-5-11-23-12-14/h2-3,5-7,9,11-12,26H,4,8,10H2,1H3,(H,25,27)/b24-16+. The van der Waals surface area contributed by atoms with Gasteiger partial charge in [0.05, 0.1) is 17.5 Å². The number of hydrogen-bond donors (Lipinski definition) is 2. The zero-order chi connectivity index (χ0) is 21.1. The molecule has 2 N–H and O–H groups in total. The third kappa shape index (κ3) is 3.80. The van der Waals surface area contributed by atoms with E-state index in [4.69, 9.17) is 9.15 Å². The van der Waals surface area contributed by atoms with Gasteiger partial charge in [0.1, 0.15) is 17.3 Å². The molecule has 8 nitrogen and oxygen atoms in total. The number of para-hydroxylation sites is 1. The van der Waals surface area contributed by atoms with Crippen LogP contribution in [-0.2, 0) is 6.42 Å². The van der Waals surface area contributed by atoms with E-state index in [-0.39, 0.29) is 17.1 Å². The van der Waals surface area contributed by atoms with Crippen molar-refractivity contribution in [2.75, 3.05) is 0 Å². The molecular weight excluding hydrogens is 386 g/mol. The SMILES string of the molecule is Cc1c(C(=O)Oc2cccnc2)oc2c1/C(=N/NC(=O)c1ccccc1O)CCC2. The fourth-order valence-corrected chi connectivity index (χ4v) is 3.38. The van der Waals surface area contributed by atoms with E-state index in [0.29, 0.717) is 41.2 Å². The van der Waals surface area contributed by atoms with E-state index in [9.17, 15) is 14.7 Å². The maximum absolute atomic E-state index is 12.6. The van der Waals surface area contributed by atoms with Gasteiger partial charge in [-0.2, -0.15) is 5.10 Å². The molecule has 152 valence electrons. The summed E-state index contributed by atoms with van der Waals surface area (Å²) in [6.45, 7) is 1.76. The Labute approximate surface area is 172 Å². The number of phenolic OH excluding ortho intramolecular Hbond substituents is 1. The molecule has 0 atom stereocenters. The second kappa shape index (κ2) is 8.20. The molecule has 0 spiro atoms. The minimum atomic E-state index is -0.618. The van der Waals surface area contributed by atoms with Gasteiger partial charge in [-0.15, -0.1) is 0 Å². The summed E-state index contributed by atoms with van der Waals surface area (Å²) in [5, 5.41) is 14.1. The molecule has 0 unspecified atom stereocenters. The van der Waals surface area contributed by atoms with Crippen LogP contribution in [-0.4, -0.2) is 27.7 Å².